The first kappa shape index (κ1) is 15.6. The van der Waals surface area contributed by atoms with Gasteiger partial charge in [-0.15, -0.1) is 0 Å². The maximum Gasteiger partial charge on any atom is 0.337 e. The Morgan fingerprint density at radius 1 is 1.16 bits per heavy atom. The van der Waals surface area contributed by atoms with Crippen LogP contribution >= 0.6 is 11.6 Å². The highest BCUT2D eigenvalue weighted by Crippen LogP contribution is 2.30. The van der Waals surface area contributed by atoms with Crippen LogP contribution in [0.1, 0.15) is 21.7 Å². The fourth-order valence-corrected chi connectivity index (χ4v) is 3.19. The van der Waals surface area contributed by atoms with Gasteiger partial charge in [-0.3, -0.25) is 0 Å². The molecule has 0 atom stereocenters. The maximum absolute atomic E-state index is 11.7. The summed E-state index contributed by atoms with van der Waals surface area (Å²) in [5, 5.41) is 2.02. The van der Waals surface area contributed by atoms with Crippen LogP contribution in [0.3, 0.4) is 0 Å². The molecule has 0 aliphatic rings. The molecule has 2 aromatic heterocycles. The van der Waals surface area contributed by atoms with Gasteiger partial charge in [-0.25, -0.2) is 14.8 Å². The smallest absolute Gasteiger partial charge is 0.337 e. The number of carbonyl (C=O) groups excluding carboxylic acids is 1. The molecule has 0 aliphatic carbocycles. The number of fused-ring (bicyclic) bond motifs is 3. The molecule has 4 aromatic rings. The molecule has 0 amide bonds. The minimum absolute atomic E-state index is 0.387. The summed E-state index contributed by atoms with van der Waals surface area (Å²) in [6, 6.07) is 15.2. The Labute approximate surface area is 148 Å². The van der Waals surface area contributed by atoms with E-state index in [-0.39, 0.29) is 5.97 Å². The lowest BCUT2D eigenvalue weighted by Crippen LogP contribution is -2.00. The van der Waals surface area contributed by atoms with Crippen molar-refractivity contribution in [1.82, 2.24) is 15.0 Å². The molecule has 4 rings (SSSR count). The summed E-state index contributed by atoms with van der Waals surface area (Å²) in [5.41, 5.74) is 3.01. The number of benzene rings is 2. The first-order chi connectivity index (χ1) is 12.2. The van der Waals surface area contributed by atoms with Gasteiger partial charge >= 0.3 is 5.97 Å². The molecule has 0 aliphatic heterocycles. The molecular formula is C19H14ClN3O2. The molecule has 5 nitrogen and oxygen atoms in total. The van der Waals surface area contributed by atoms with E-state index in [0.29, 0.717) is 28.6 Å². The molecule has 0 unspecified atom stereocenters. The van der Waals surface area contributed by atoms with Crippen LogP contribution in [0, 0.1) is 0 Å². The standard InChI is InChI=1S/C19H14ClN3O2/c1-25-19(24)12-7-8-13-14(10-12)21-18-16(13)17(20)22-15(23-18)9-11-5-3-2-4-6-11/h2-8,10H,9H2,1H3,(H,21,22,23). The van der Waals surface area contributed by atoms with Crippen molar-refractivity contribution in [3.05, 3.63) is 70.6 Å². The number of nitrogens with one attached hydrogen (secondary N) is 1. The van der Waals surface area contributed by atoms with Gasteiger partial charge in [-0.1, -0.05) is 48.0 Å². The summed E-state index contributed by atoms with van der Waals surface area (Å²) in [4.78, 5) is 24.0. The predicted octanol–water partition coefficient (Wildman–Crippen LogP) is 4.14. The van der Waals surface area contributed by atoms with E-state index in [9.17, 15) is 4.79 Å². The number of H-pyrrole nitrogens is 1. The minimum Gasteiger partial charge on any atom is -0.465 e. The molecule has 0 saturated carbocycles. The molecule has 1 N–H and O–H groups in total. The van der Waals surface area contributed by atoms with Crippen molar-refractivity contribution in [3.63, 3.8) is 0 Å². The fraction of sp³-hybridized carbons (Fsp3) is 0.105. The molecular weight excluding hydrogens is 338 g/mol. The Balaban J connectivity index is 1.83. The molecule has 0 fully saturated rings. The van der Waals surface area contributed by atoms with E-state index < -0.39 is 0 Å². The van der Waals surface area contributed by atoms with Crippen LogP contribution in [-0.2, 0) is 11.2 Å². The number of methoxy groups -OCH3 is 1. The second-order valence-corrected chi connectivity index (χ2v) is 6.05. The lowest BCUT2D eigenvalue weighted by atomic mass is 10.1. The molecule has 6 heteroatoms. The van der Waals surface area contributed by atoms with Crippen LogP contribution in [0.5, 0.6) is 0 Å². The van der Waals surface area contributed by atoms with Gasteiger partial charge in [0.15, 0.2) is 0 Å². The summed E-state index contributed by atoms with van der Waals surface area (Å²) in [6.45, 7) is 0. The van der Waals surface area contributed by atoms with Gasteiger partial charge in [0.2, 0.25) is 0 Å². The number of aromatic amines is 1. The molecule has 0 radical (unpaired) electrons. The van der Waals surface area contributed by atoms with Crippen LogP contribution in [0.2, 0.25) is 5.15 Å². The minimum atomic E-state index is -0.387. The van der Waals surface area contributed by atoms with Crippen LogP contribution in [-0.4, -0.2) is 28.0 Å². The van der Waals surface area contributed by atoms with Crippen molar-refractivity contribution in [3.8, 4) is 0 Å². The van der Waals surface area contributed by atoms with E-state index in [1.807, 2.05) is 36.4 Å². The number of aromatic nitrogens is 3. The lowest BCUT2D eigenvalue weighted by Gasteiger charge is -2.02. The third-order valence-electron chi connectivity index (χ3n) is 4.08. The monoisotopic (exact) mass is 351 g/mol. The zero-order valence-corrected chi connectivity index (χ0v) is 14.2. The van der Waals surface area contributed by atoms with Crippen LogP contribution < -0.4 is 0 Å². The van der Waals surface area contributed by atoms with Crippen molar-refractivity contribution >= 4 is 39.5 Å². The van der Waals surface area contributed by atoms with E-state index >= 15 is 0 Å². The van der Waals surface area contributed by atoms with Gasteiger partial charge in [-0.2, -0.15) is 0 Å². The number of carbonyl (C=O) groups is 1. The number of halogens is 1. The summed E-state index contributed by atoms with van der Waals surface area (Å²) in [6.07, 6.45) is 0.597. The Morgan fingerprint density at radius 2 is 1.96 bits per heavy atom. The zero-order chi connectivity index (χ0) is 17.4. The molecule has 124 valence electrons. The Morgan fingerprint density at radius 3 is 2.72 bits per heavy atom. The summed E-state index contributed by atoms with van der Waals surface area (Å²) in [7, 11) is 1.36. The average Bonchev–Trinajstić information content (AvgIpc) is 2.99. The van der Waals surface area contributed by atoms with Gasteiger partial charge in [-0.05, 0) is 17.7 Å². The maximum atomic E-state index is 11.7. The molecule has 2 aromatic carbocycles. The summed E-state index contributed by atoms with van der Waals surface area (Å²) >= 11 is 6.42. The van der Waals surface area contributed by atoms with E-state index in [2.05, 4.69) is 15.0 Å². The second kappa shape index (κ2) is 6.18. The Hall–Kier alpha value is -2.92. The summed E-state index contributed by atoms with van der Waals surface area (Å²) < 4.78 is 4.76. The first-order valence-corrected chi connectivity index (χ1v) is 8.13. The first-order valence-electron chi connectivity index (χ1n) is 7.76. The van der Waals surface area contributed by atoms with Gasteiger partial charge < -0.3 is 9.72 Å². The van der Waals surface area contributed by atoms with Crippen molar-refractivity contribution in [2.75, 3.05) is 7.11 Å². The van der Waals surface area contributed by atoms with Gasteiger partial charge in [0.05, 0.1) is 18.1 Å². The van der Waals surface area contributed by atoms with Crippen LogP contribution in [0.25, 0.3) is 21.9 Å². The average molecular weight is 352 g/mol. The van der Waals surface area contributed by atoms with Gasteiger partial charge in [0.1, 0.15) is 16.6 Å². The van der Waals surface area contributed by atoms with Crippen LogP contribution in [0.15, 0.2) is 48.5 Å². The number of nitrogens with zero attached hydrogens (tertiary/aromatic N) is 2. The Kier molecular flexibility index (Phi) is 3.86. The molecule has 25 heavy (non-hydrogen) atoms. The number of ether oxygens (including phenoxy) is 1. The van der Waals surface area contributed by atoms with E-state index in [4.69, 9.17) is 16.3 Å². The van der Waals surface area contributed by atoms with Crippen LogP contribution in [0.4, 0.5) is 0 Å². The number of hydrogen-bond donors (Lipinski definition) is 1. The number of rotatable bonds is 3. The largest absolute Gasteiger partial charge is 0.465 e. The van der Waals surface area contributed by atoms with Crippen molar-refractivity contribution < 1.29 is 9.53 Å². The van der Waals surface area contributed by atoms with E-state index in [0.717, 1.165) is 21.9 Å². The number of esters is 1. The molecule has 0 spiro atoms. The molecule has 0 saturated heterocycles. The third-order valence-corrected chi connectivity index (χ3v) is 4.35. The predicted molar refractivity (Wildman–Crippen MR) is 97.0 cm³/mol. The highest BCUT2D eigenvalue weighted by atomic mass is 35.5. The van der Waals surface area contributed by atoms with Gasteiger partial charge in [0, 0.05) is 17.3 Å². The molecule has 2 heterocycles. The highest BCUT2D eigenvalue weighted by molar-refractivity contribution is 6.36. The summed E-state index contributed by atoms with van der Waals surface area (Å²) in [5.74, 6) is 0.256. The SMILES string of the molecule is COC(=O)c1ccc2c(c1)[nH]c1nc(Cc3ccccc3)nc(Cl)c12. The van der Waals surface area contributed by atoms with E-state index in [1.165, 1.54) is 7.11 Å². The van der Waals surface area contributed by atoms with Gasteiger partial charge in [0.25, 0.3) is 0 Å². The second-order valence-electron chi connectivity index (χ2n) is 5.69. The fourth-order valence-electron chi connectivity index (χ4n) is 2.90. The third kappa shape index (κ3) is 2.83. The Bertz CT molecular complexity index is 1090. The van der Waals surface area contributed by atoms with E-state index in [1.54, 1.807) is 12.1 Å². The molecule has 0 bridgehead atoms. The van der Waals surface area contributed by atoms with Crippen molar-refractivity contribution in [2.45, 2.75) is 6.42 Å². The normalized spacial score (nSPS) is 11.1. The quantitative estimate of drug-likeness (QED) is 0.445. The highest BCUT2D eigenvalue weighted by Gasteiger charge is 2.15. The van der Waals surface area contributed by atoms with Crippen molar-refractivity contribution in [2.24, 2.45) is 0 Å². The zero-order valence-electron chi connectivity index (χ0n) is 13.4. The number of hydrogen-bond acceptors (Lipinski definition) is 4. The van der Waals surface area contributed by atoms with Crippen molar-refractivity contribution in [1.29, 1.82) is 0 Å². The topological polar surface area (TPSA) is 67.9 Å². The lowest BCUT2D eigenvalue weighted by molar-refractivity contribution is 0.0601.